The number of anilines is 2. The lowest BCUT2D eigenvalue weighted by atomic mass is 9.89. The number of piperidine rings is 1. The van der Waals surface area contributed by atoms with Crippen molar-refractivity contribution in [2.45, 2.75) is 25.2 Å². The molecule has 1 fully saturated rings. The van der Waals surface area contributed by atoms with Crippen molar-refractivity contribution >= 4 is 56.2 Å². The highest BCUT2D eigenvalue weighted by molar-refractivity contribution is 6.14. The Morgan fingerprint density at radius 2 is 1.43 bits per heavy atom. The summed E-state index contributed by atoms with van der Waals surface area (Å²) in [5.74, 6) is 3.21. The van der Waals surface area contributed by atoms with Gasteiger partial charge in [-0.1, -0.05) is 60.7 Å². The van der Waals surface area contributed by atoms with Crippen LogP contribution in [0.1, 0.15) is 29.9 Å². The highest BCUT2D eigenvalue weighted by Crippen LogP contribution is 2.37. The molecule has 0 amide bonds. The van der Waals surface area contributed by atoms with Crippen LogP contribution in [0.3, 0.4) is 0 Å². The lowest BCUT2D eigenvalue weighted by molar-refractivity contribution is 0.238. The molecule has 5 N–H and O–H groups in total. The van der Waals surface area contributed by atoms with E-state index < -0.39 is 0 Å². The first-order valence-electron chi connectivity index (χ1n) is 17.4. The minimum Gasteiger partial charge on any atom is -0.342 e. The van der Waals surface area contributed by atoms with Crippen molar-refractivity contribution in [3.05, 3.63) is 117 Å². The van der Waals surface area contributed by atoms with Crippen LogP contribution in [0, 0.1) is 0 Å². The van der Waals surface area contributed by atoms with Crippen molar-refractivity contribution in [2.24, 2.45) is 9.98 Å². The maximum atomic E-state index is 13.0. The van der Waals surface area contributed by atoms with E-state index >= 15 is 0 Å². The van der Waals surface area contributed by atoms with Crippen molar-refractivity contribution in [2.75, 3.05) is 43.4 Å². The van der Waals surface area contributed by atoms with Crippen LogP contribution in [0.5, 0.6) is 0 Å². The maximum absolute atomic E-state index is 13.0. The molecule has 0 atom stereocenters. The molecule has 3 aliphatic rings. The summed E-state index contributed by atoms with van der Waals surface area (Å²) in [5, 5.41) is 26.7. The quantitative estimate of drug-likeness (QED) is 0.127. The molecule has 4 aromatic carbocycles. The Hall–Kier alpha value is -5.98. The van der Waals surface area contributed by atoms with E-state index in [0.29, 0.717) is 41.4 Å². The first-order valence-corrected chi connectivity index (χ1v) is 17.4. The van der Waals surface area contributed by atoms with Crippen LogP contribution < -0.4 is 27.1 Å². The third kappa shape index (κ3) is 6.08. The number of aliphatic imine (C=N–C) groups is 2. The lowest BCUT2D eigenvalue weighted by Crippen LogP contribution is -2.39. The number of aromatic nitrogens is 4. The number of rotatable bonds is 9. The van der Waals surface area contributed by atoms with Gasteiger partial charge in [-0.25, -0.2) is 20.2 Å². The second-order valence-corrected chi connectivity index (χ2v) is 13.4. The van der Waals surface area contributed by atoms with E-state index in [-0.39, 0.29) is 11.1 Å². The van der Waals surface area contributed by atoms with Crippen molar-refractivity contribution < 1.29 is 0 Å². The number of aromatic amines is 2. The predicted octanol–water partition coefficient (Wildman–Crippen LogP) is 5.45. The van der Waals surface area contributed by atoms with Gasteiger partial charge in [0.05, 0.1) is 46.0 Å². The topological polar surface area (TPSA) is 156 Å². The fourth-order valence-electron chi connectivity index (χ4n) is 7.50. The van der Waals surface area contributed by atoms with Gasteiger partial charge in [0, 0.05) is 0 Å². The fourth-order valence-corrected chi connectivity index (χ4v) is 7.50. The highest BCUT2D eigenvalue weighted by atomic mass is 16.1. The molecule has 9 rings (SSSR count). The van der Waals surface area contributed by atoms with Gasteiger partial charge in [0.25, 0.3) is 11.1 Å². The second kappa shape index (κ2) is 13.0. The standard InChI is InChI=1S/C39H36N10O2/c50-38-28-10-5-11-30-34(28)36(45-47-38)43-32(41-30)21-40-15-12-23-6-4-9-26(18-23)27-19-29-35-31(20-27)42-33(44-37(35)46-48-39(29)51)22-49-16-13-25(14-17-49)24-7-2-1-3-8-24/h1-11,18-20,25,40H,12-17,21-22H2,(H,47,50)(H,48,51)(H,41,43,45)(H,42,44,46). The molecule has 0 radical (unpaired) electrons. The van der Waals surface area contributed by atoms with E-state index in [1.807, 2.05) is 18.2 Å². The van der Waals surface area contributed by atoms with Gasteiger partial charge in [0.15, 0.2) is 11.6 Å². The van der Waals surface area contributed by atoms with Crippen LogP contribution in [0.15, 0.2) is 105 Å². The molecular weight excluding hydrogens is 640 g/mol. The summed E-state index contributed by atoms with van der Waals surface area (Å²) in [6.45, 7) is 3.93. The van der Waals surface area contributed by atoms with E-state index in [1.54, 1.807) is 6.07 Å². The van der Waals surface area contributed by atoms with Crippen LogP contribution in [-0.2, 0) is 6.42 Å². The van der Waals surface area contributed by atoms with Crippen molar-refractivity contribution in [3.8, 4) is 11.1 Å². The summed E-state index contributed by atoms with van der Waals surface area (Å²) in [7, 11) is 0. The molecule has 254 valence electrons. The Bertz CT molecular complexity index is 2480. The van der Waals surface area contributed by atoms with E-state index in [2.05, 4.69) is 107 Å². The fraction of sp³-hybridized carbons (Fsp3) is 0.231. The van der Waals surface area contributed by atoms with Gasteiger partial charge < -0.3 is 16.0 Å². The van der Waals surface area contributed by atoms with Gasteiger partial charge in [-0.3, -0.25) is 14.5 Å². The lowest BCUT2D eigenvalue weighted by Gasteiger charge is -2.33. The summed E-state index contributed by atoms with van der Waals surface area (Å²) in [6.07, 6.45) is 3.02. The molecule has 0 saturated carbocycles. The summed E-state index contributed by atoms with van der Waals surface area (Å²) < 4.78 is 0. The molecule has 5 heterocycles. The van der Waals surface area contributed by atoms with Crippen LogP contribution in [0.25, 0.3) is 32.7 Å². The molecule has 6 aromatic rings. The van der Waals surface area contributed by atoms with Gasteiger partial charge in [-0.2, -0.15) is 10.2 Å². The molecule has 12 heteroatoms. The van der Waals surface area contributed by atoms with Gasteiger partial charge in [-0.05, 0) is 91.3 Å². The Kier molecular flexibility index (Phi) is 7.94. The normalized spacial score (nSPS) is 15.7. The average molecular weight is 677 g/mol. The first-order chi connectivity index (χ1) is 25.1. The van der Waals surface area contributed by atoms with Crippen molar-refractivity contribution in [1.82, 2.24) is 30.6 Å². The Morgan fingerprint density at radius 1 is 0.706 bits per heavy atom. The summed E-state index contributed by atoms with van der Waals surface area (Å²) in [6, 6.07) is 28.8. The molecule has 51 heavy (non-hydrogen) atoms. The summed E-state index contributed by atoms with van der Waals surface area (Å²) >= 11 is 0. The van der Waals surface area contributed by atoms with Crippen LogP contribution in [0.2, 0.25) is 0 Å². The zero-order valence-electron chi connectivity index (χ0n) is 27.9. The molecular formula is C39H36N10O2. The van der Waals surface area contributed by atoms with E-state index in [4.69, 9.17) is 4.99 Å². The molecule has 3 aliphatic heterocycles. The molecule has 2 aromatic heterocycles. The highest BCUT2D eigenvalue weighted by Gasteiger charge is 2.25. The average Bonchev–Trinajstić information content (AvgIpc) is 3.17. The first kappa shape index (κ1) is 31.0. The van der Waals surface area contributed by atoms with E-state index in [0.717, 1.165) is 83.8 Å². The van der Waals surface area contributed by atoms with Crippen LogP contribution in [-0.4, -0.2) is 69.7 Å². The Balaban J connectivity index is 0.876. The van der Waals surface area contributed by atoms with Gasteiger partial charge >= 0.3 is 0 Å². The number of nitrogens with one attached hydrogen (secondary N) is 5. The molecule has 12 nitrogen and oxygen atoms in total. The van der Waals surface area contributed by atoms with Crippen molar-refractivity contribution in [3.63, 3.8) is 0 Å². The Morgan fingerprint density at radius 3 is 2.25 bits per heavy atom. The van der Waals surface area contributed by atoms with Gasteiger partial charge in [0.2, 0.25) is 0 Å². The zero-order chi connectivity index (χ0) is 34.3. The predicted molar refractivity (Wildman–Crippen MR) is 203 cm³/mol. The smallest absolute Gasteiger partial charge is 0.272 e. The third-order valence-corrected chi connectivity index (χ3v) is 10.1. The number of amidine groups is 2. The second-order valence-electron chi connectivity index (χ2n) is 13.4. The number of H-pyrrole nitrogens is 2. The minimum atomic E-state index is -0.236. The largest absolute Gasteiger partial charge is 0.342 e. The zero-order valence-corrected chi connectivity index (χ0v) is 27.9. The summed E-state index contributed by atoms with van der Waals surface area (Å²) in [5.41, 5.74) is 5.78. The van der Waals surface area contributed by atoms with E-state index in [1.165, 1.54) is 11.1 Å². The number of likely N-dealkylation sites (tertiary alicyclic amines) is 1. The van der Waals surface area contributed by atoms with Crippen LogP contribution >= 0.6 is 0 Å². The molecule has 0 bridgehead atoms. The molecule has 0 unspecified atom stereocenters. The molecule has 0 spiro atoms. The Labute approximate surface area is 292 Å². The summed E-state index contributed by atoms with van der Waals surface area (Å²) in [4.78, 5) is 37.1. The van der Waals surface area contributed by atoms with Crippen LogP contribution in [0.4, 0.5) is 23.0 Å². The SMILES string of the molecule is O=c1[nH]nc2c3c(cccc13)NC(CNCCc1cccc(-c3cc4c5c(n[nH]c(=O)c5c3)N=C(CN3CCC(c5ccccc5)CC3)N4)c1)=N2. The number of hydrogen-bond acceptors (Lipinski definition) is 10. The molecule has 0 aliphatic carbocycles. The number of benzene rings is 4. The van der Waals surface area contributed by atoms with E-state index in [9.17, 15) is 9.59 Å². The minimum absolute atomic E-state index is 0.228. The number of nitrogens with zero attached hydrogens (tertiary/aromatic N) is 5. The van der Waals surface area contributed by atoms with Gasteiger partial charge in [0.1, 0.15) is 11.7 Å². The van der Waals surface area contributed by atoms with Crippen molar-refractivity contribution in [1.29, 1.82) is 0 Å². The van der Waals surface area contributed by atoms with Gasteiger partial charge in [-0.15, -0.1) is 0 Å². The maximum Gasteiger partial charge on any atom is 0.272 e. The monoisotopic (exact) mass is 676 g/mol. The molecule has 1 saturated heterocycles. The third-order valence-electron chi connectivity index (χ3n) is 10.1. The number of hydrogen-bond donors (Lipinski definition) is 5.